The molecule has 0 saturated heterocycles. The molecule has 16 heavy (non-hydrogen) atoms. The van der Waals surface area contributed by atoms with E-state index in [0.29, 0.717) is 12.6 Å². The molecular formula is C13H18N2O. The van der Waals surface area contributed by atoms with E-state index in [9.17, 15) is 4.79 Å². The fourth-order valence-corrected chi connectivity index (χ4v) is 1.76. The molecule has 1 aliphatic rings. The molecule has 0 heterocycles. The van der Waals surface area contributed by atoms with E-state index in [4.69, 9.17) is 0 Å². The van der Waals surface area contributed by atoms with Crippen molar-refractivity contribution < 1.29 is 4.79 Å². The van der Waals surface area contributed by atoms with Crippen LogP contribution in [0.25, 0.3) is 0 Å². The van der Waals surface area contributed by atoms with Gasteiger partial charge in [-0.15, -0.1) is 0 Å². The van der Waals surface area contributed by atoms with E-state index in [0.717, 1.165) is 12.1 Å². The Morgan fingerprint density at radius 3 is 2.56 bits per heavy atom. The highest BCUT2D eigenvalue weighted by molar-refractivity contribution is 5.94. The van der Waals surface area contributed by atoms with Crippen molar-refractivity contribution in [3.8, 4) is 0 Å². The number of rotatable bonds is 5. The predicted octanol–water partition coefficient (Wildman–Crippen LogP) is 1.56. The largest absolute Gasteiger partial charge is 0.351 e. The summed E-state index contributed by atoms with van der Waals surface area (Å²) in [7, 11) is 0. The van der Waals surface area contributed by atoms with Gasteiger partial charge in [-0.2, -0.15) is 0 Å². The summed E-state index contributed by atoms with van der Waals surface area (Å²) in [4.78, 5) is 11.6. The van der Waals surface area contributed by atoms with Gasteiger partial charge < -0.3 is 10.6 Å². The van der Waals surface area contributed by atoms with Crippen LogP contribution in [0.3, 0.4) is 0 Å². The Hall–Kier alpha value is -1.35. The molecule has 1 amide bonds. The summed E-state index contributed by atoms with van der Waals surface area (Å²) in [6.07, 6.45) is 3.91. The van der Waals surface area contributed by atoms with Gasteiger partial charge in [0.2, 0.25) is 0 Å². The fraction of sp³-hybridized carbons (Fsp3) is 0.462. The molecule has 0 radical (unpaired) electrons. The summed E-state index contributed by atoms with van der Waals surface area (Å²) >= 11 is 0. The lowest BCUT2D eigenvalue weighted by Gasteiger charge is -2.26. The third-order valence-electron chi connectivity index (χ3n) is 2.98. The number of nitrogens with one attached hydrogen (secondary N) is 2. The second-order valence-electron chi connectivity index (χ2n) is 4.20. The van der Waals surface area contributed by atoms with Crippen LogP contribution in [0, 0.1) is 0 Å². The molecular weight excluding hydrogens is 200 g/mol. The van der Waals surface area contributed by atoms with Gasteiger partial charge >= 0.3 is 0 Å². The van der Waals surface area contributed by atoms with Gasteiger partial charge in [0.1, 0.15) is 0 Å². The van der Waals surface area contributed by atoms with Crippen LogP contribution in [-0.4, -0.2) is 25.0 Å². The van der Waals surface area contributed by atoms with E-state index < -0.39 is 0 Å². The van der Waals surface area contributed by atoms with Gasteiger partial charge in [-0.3, -0.25) is 4.79 Å². The summed E-state index contributed by atoms with van der Waals surface area (Å²) in [5.74, 6) is 0.0102. The second kappa shape index (κ2) is 5.66. The minimum atomic E-state index is 0.0102. The second-order valence-corrected chi connectivity index (χ2v) is 4.20. The highest BCUT2D eigenvalue weighted by Gasteiger charge is 2.15. The summed E-state index contributed by atoms with van der Waals surface area (Å²) in [5.41, 5.74) is 0.728. The van der Waals surface area contributed by atoms with Gasteiger partial charge in [0.25, 0.3) is 5.91 Å². The number of hydrogen-bond acceptors (Lipinski definition) is 2. The first-order valence-corrected chi connectivity index (χ1v) is 5.93. The van der Waals surface area contributed by atoms with Crippen LogP contribution >= 0.6 is 0 Å². The number of hydrogen-bond donors (Lipinski definition) is 2. The molecule has 1 saturated carbocycles. The van der Waals surface area contributed by atoms with Crippen LogP contribution in [0.4, 0.5) is 0 Å². The van der Waals surface area contributed by atoms with E-state index >= 15 is 0 Å². The first kappa shape index (κ1) is 11.1. The number of carbonyl (C=O) groups is 1. The molecule has 1 aromatic carbocycles. The van der Waals surface area contributed by atoms with E-state index in [1.165, 1.54) is 19.3 Å². The molecule has 0 aromatic heterocycles. The molecule has 2 rings (SSSR count). The maximum atomic E-state index is 11.6. The standard InChI is InChI=1S/C13H18N2O/c16-13(11-5-2-1-3-6-11)15-10-9-14-12-7-4-8-12/h1-3,5-6,12,14H,4,7-10H2,(H,15,16). The first-order chi connectivity index (χ1) is 7.86. The van der Waals surface area contributed by atoms with Crippen molar-refractivity contribution in [1.82, 2.24) is 10.6 Å². The Kier molecular flexibility index (Phi) is 3.94. The first-order valence-electron chi connectivity index (χ1n) is 5.93. The van der Waals surface area contributed by atoms with Crippen molar-refractivity contribution in [3.05, 3.63) is 35.9 Å². The Labute approximate surface area is 96.2 Å². The quantitative estimate of drug-likeness (QED) is 0.736. The lowest BCUT2D eigenvalue weighted by Crippen LogP contribution is -2.40. The monoisotopic (exact) mass is 218 g/mol. The molecule has 2 N–H and O–H groups in total. The molecule has 1 fully saturated rings. The van der Waals surface area contributed by atoms with Crippen molar-refractivity contribution in [2.45, 2.75) is 25.3 Å². The van der Waals surface area contributed by atoms with Crippen LogP contribution in [-0.2, 0) is 0 Å². The maximum Gasteiger partial charge on any atom is 0.251 e. The highest BCUT2D eigenvalue weighted by Crippen LogP contribution is 2.17. The molecule has 0 atom stereocenters. The zero-order valence-corrected chi connectivity index (χ0v) is 9.41. The topological polar surface area (TPSA) is 41.1 Å². The third kappa shape index (κ3) is 3.07. The van der Waals surface area contributed by atoms with Gasteiger partial charge in [0.05, 0.1) is 0 Å². The van der Waals surface area contributed by atoms with Crippen LogP contribution in [0.5, 0.6) is 0 Å². The van der Waals surface area contributed by atoms with Gasteiger partial charge in [-0.05, 0) is 25.0 Å². The number of amides is 1. The zero-order valence-electron chi connectivity index (χ0n) is 9.41. The van der Waals surface area contributed by atoms with E-state index in [1.54, 1.807) is 0 Å². The Morgan fingerprint density at radius 2 is 1.94 bits per heavy atom. The van der Waals surface area contributed by atoms with E-state index in [-0.39, 0.29) is 5.91 Å². The van der Waals surface area contributed by atoms with Crippen molar-refractivity contribution in [3.63, 3.8) is 0 Å². The molecule has 0 bridgehead atoms. The zero-order chi connectivity index (χ0) is 11.2. The number of benzene rings is 1. The van der Waals surface area contributed by atoms with E-state index in [2.05, 4.69) is 10.6 Å². The van der Waals surface area contributed by atoms with E-state index in [1.807, 2.05) is 30.3 Å². The SMILES string of the molecule is O=C(NCCNC1CCC1)c1ccccc1. The molecule has 86 valence electrons. The van der Waals surface area contributed by atoms with Gasteiger partial charge in [-0.1, -0.05) is 24.6 Å². The summed E-state index contributed by atoms with van der Waals surface area (Å²) in [5, 5.41) is 6.31. The van der Waals surface area contributed by atoms with Crippen molar-refractivity contribution >= 4 is 5.91 Å². The normalized spacial score (nSPS) is 15.5. The van der Waals surface area contributed by atoms with Crippen molar-refractivity contribution in [2.24, 2.45) is 0 Å². The average Bonchev–Trinajstić information content (AvgIpc) is 2.27. The minimum Gasteiger partial charge on any atom is -0.351 e. The van der Waals surface area contributed by atoms with Crippen molar-refractivity contribution in [1.29, 1.82) is 0 Å². The maximum absolute atomic E-state index is 11.6. The molecule has 3 heteroatoms. The Morgan fingerprint density at radius 1 is 1.19 bits per heavy atom. The molecule has 0 spiro atoms. The van der Waals surface area contributed by atoms with Crippen molar-refractivity contribution in [2.75, 3.05) is 13.1 Å². The van der Waals surface area contributed by atoms with Crippen LogP contribution in [0.15, 0.2) is 30.3 Å². The predicted molar refractivity (Wildman–Crippen MR) is 64.4 cm³/mol. The Bertz CT molecular complexity index is 333. The van der Waals surface area contributed by atoms with Crippen LogP contribution in [0.1, 0.15) is 29.6 Å². The average molecular weight is 218 g/mol. The molecule has 1 aromatic rings. The number of carbonyl (C=O) groups excluding carboxylic acids is 1. The smallest absolute Gasteiger partial charge is 0.251 e. The fourth-order valence-electron chi connectivity index (χ4n) is 1.76. The Balaban J connectivity index is 1.64. The lowest BCUT2D eigenvalue weighted by molar-refractivity contribution is 0.0953. The molecule has 1 aliphatic carbocycles. The molecule has 3 nitrogen and oxygen atoms in total. The summed E-state index contributed by atoms with van der Waals surface area (Å²) in [6.45, 7) is 1.56. The third-order valence-corrected chi connectivity index (χ3v) is 2.98. The van der Waals surface area contributed by atoms with Gasteiger partial charge in [0, 0.05) is 24.7 Å². The highest BCUT2D eigenvalue weighted by atomic mass is 16.1. The summed E-state index contributed by atoms with van der Waals surface area (Å²) < 4.78 is 0. The lowest BCUT2D eigenvalue weighted by atomic mass is 9.93. The van der Waals surface area contributed by atoms with Gasteiger partial charge in [-0.25, -0.2) is 0 Å². The molecule has 0 aliphatic heterocycles. The summed E-state index contributed by atoms with van der Waals surface area (Å²) in [6, 6.07) is 10.0. The van der Waals surface area contributed by atoms with Crippen LogP contribution < -0.4 is 10.6 Å². The minimum absolute atomic E-state index is 0.0102. The molecule has 0 unspecified atom stereocenters. The van der Waals surface area contributed by atoms with Crippen LogP contribution in [0.2, 0.25) is 0 Å². The van der Waals surface area contributed by atoms with Gasteiger partial charge in [0.15, 0.2) is 0 Å².